The van der Waals surface area contributed by atoms with Gasteiger partial charge in [0.1, 0.15) is 0 Å². The van der Waals surface area contributed by atoms with Crippen LogP contribution in [0.15, 0.2) is 15.9 Å². The molecule has 1 rings (SSSR count). The van der Waals surface area contributed by atoms with Gasteiger partial charge in [-0.15, -0.1) is 11.3 Å². The van der Waals surface area contributed by atoms with Crippen molar-refractivity contribution in [3.8, 4) is 0 Å². The Morgan fingerprint density at radius 2 is 2.50 bits per heavy atom. The zero-order valence-corrected chi connectivity index (χ0v) is 9.35. The lowest BCUT2D eigenvalue weighted by atomic mass is 10.5. The summed E-state index contributed by atoms with van der Waals surface area (Å²) in [6, 6.07) is 2.00. The van der Waals surface area contributed by atoms with E-state index in [9.17, 15) is 0 Å². The number of rotatable bonds is 2. The summed E-state index contributed by atoms with van der Waals surface area (Å²) >= 11 is 9.89. The van der Waals surface area contributed by atoms with E-state index in [1.165, 1.54) is 4.88 Å². The molecule has 3 nitrogen and oxygen atoms in total. The van der Waals surface area contributed by atoms with Crippen molar-refractivity contribution in [2.75, 3.05) is 0 Å². The molecule has 0 radical (unpaired) electrons. The molecule has 1 aromatic heterocycles. The van der Waals surface area contributed by atoms with Gasteiger partial charge in [0.2, 0.25) is 0 Å². The number of hydrogen-bond donors (Lipinski definition) is 3. The van der Waals surface area contributed by atoms with E-state index >= 15 is 0 Å². The monoisotopic (exact) mass is 265 g/mol. The van der Waals surface area contributed by atoms with Gasteiger partial charge >= 0.3 is 0 Å². The van der Waals surface area contributed by atoms with Gasteiger partial charge in [0.05, 0.1) is 6.54 Å². The average Bonchev–Trinajstić information content (AvgIpc) is 2.47. The second-order valence-electron chi connectivity index (χ2n) is 2.02. The van der Waals surface area contributed by atoms with E-state index in [0.717, 1.165) is 4.47 Å². The van der Waals surface area contributed by atoms with Crippen LogP contribution in [0.1, 0.15) is 4.88 Å². The summed E-state index contributed by atoms with van der Waals surface area (Å²) in [6.07, 6.45) is 0. The molecule has 0 spiro atoms. The van der Waals surface area contributed by atoms with Gasteiger partial charge in [-0.3, -0.25) is 0 Å². The molecule has 1 heterocycles. The molecule has 0 saturated heterocycles. The summed E-state index contributed by atoms with van der Waals surface area (Å²) in [5.74, 6) is 5.09. The highest BCUT2D eigenvalue weighted by atomic mass is 79.9. The van der Waals surface area contributed by atoms with Gasteiger partial charge in [-0.2, -0.15) is 0 Å². The topological polar surface area (TPSA) is 50.1 Å². The van der Waals surface area contributed by atoms with Crippen LogP contribution in [0.25, 0.3) is 0 Å². The Kier molecular flexibility index (Phi) is 3.93. The largest absolute Gasteiger partial charge is 0.357 e. The number of hydrazine groups is 1. The zero-order chi connectivity index (χ0) is 8.97. The number of thiocarbonyl (C=S) groups is 1. The second-order valence-corrected chi connectivity index (χ2v) is 4.28. The standard InChI is InChI=1S/C6H8BrN3S2/c7-4-1-2-12-5(4)3-9-6(11)10-8/h1-2H,3,8H2,(H2,9,10,11). The number of thiophene rings is 1. The minimum absolute atomic E-state index is 0.454. The first-order chi connectivity index (χ1) is 5.74. The summed E-state index contributed by atoms with van der Waals surface area (Å²) < 4.78 is 1.10. The van der Waals surface area contributed by atoms with Gasteiger partial charge in [0.25, 0.3) is 0 Å². The molecule has 0 atom stereocenters. The predicted octanol–water partition coefficient (Wildman–Crippen LogP) is 1.35. The number of hydrogen-bond acceptors (Lipinski definition) is 3. The summed E-state index contributed by atoms with van der Waals surface area (Å²) in [6.45, 7) is 0.696. The Hall–Kier alpha value is -0.170. The normalized spacial score (nSPS) is 9.50. The van der Waals surface area contributed by atoms with Gasteiger partial charge < -0.3 is 10.7 Å². The molecule has 6 heteroatoms. The highest BCUT2D eigenvalue weighted by molar-refractivity contribution is 9.10. The third-order valence-electron chi connectivity index (χ3n) is 1.23. The Labute approximate surface area is 88.4 Å². The van der Waals surface area contributed by atoms with Gasteiger partial charge in [-0.25, -0.2) is 5.84 Å². The summed E-state index contributed by atoms with van der Waals surface area (Å²) in [5, 5.41) is 5.42. The molecule has 0 unspecified atom stereocenters. The van der Waals surface area contributed by atoms with Crippen LogP contribution in [0.3, 0.4) is 0 Å². The van der Waals surface area contributed by atoms with Crippen molar-refractivity contribution in [2.45, 2.75) is 6.54 Å². The van der Waals surface area contributed by atoms with Crippen LogP contribution < -0.4 is 16.6 Å². The Bertz CT molecular complexity index is 274. The molecular weight excluding hydrogens is 258 g/mol. The van der Waals surface area contributed by atoms with Crippen molar-refractivity contribution in [3.63, 3.8) is 0 Å². The summed E-state index contributed by atoms with van der Waals surface area (Å²) in [5.41, 5.74) is 2.36. The molecule has 0 bridgehead atoms. The van der Waals surface area contributed by atoms with Crippen LogP contribution in [0, 0.1) is 0 Å². The molecule has 4 N–H and O–H groups in total. The fourth-order valence-corrected chi connectivity index (χ4v) is 2.17. The van der Waals surface area contributed by atoms with Gasteiger partial charge in [-0.1, -0.05) is 0 Å². The third kappa shape index (κ3) is 2.71. The lowest BCUT2D eigenvalue weighted by Crippen LogP contribution is -2.39. The molecule has 0 amide bonds. The number of nitrogens with two attached hydrogens (primary N) is 1. The van der Waals surface area contributed by atoms with E-state index in [1.54, 1.807) is 11.3 Å². The SMILES string of the molecule is NNC(=S)NCc1sccc1Br. The molecule has 66 valence electrons. The second kappa shape index (κ2) is 4.76. The maximum Gasteiger partial charge on any atom is 0.180 e. The maximum atomic E-state index is 5.09. The first kappa shape index (κ1) is 9.91. The van der Waals surface area contributed by atoms with Crippen LogP contribution in [-0.2, 0) is 6.54 Å². The summed E-state index contributed by atoms with van der Waals surface area (Å²) in [4.78, 5) is 1.20. The lowest BCUT2D eigenvalue weighted by Gasteiger charge is -2.04. The lowest BCUT2D eigenvalue weighted by molar-refractivity contribution is 0.876. The van der Waals surface area contributed by atoms with E-state index in [-0.39, 0.29) is 0 Å². The van der Waals surface area contributed by atoms with Crippen molar-refractivity contribution < 1.29 is 0 Å². The Balaban J connectivity index is 2.43. The van der Waals surface area contributed by atoms with Crippen LogP contribution in [-0.4, -0.2) is 5.11 Å². The molecule has 0 aliphatic carbocycles. The average molecular weight is 266 g/mol. The third-order valence-corrected chi connectivity index (χ3v) is 3.42. The van der Waals surface area contributed by atoms with Crippen LogP contribution in [0.5, 0.6) is 0 Å². The Morgan fingerprint density at radius 3 is 3.00 bits per heavy atom. The first-order valence-electron chi connectivity index (χ1n) is 3.20. The van der Waals surface area contributed by atoms with Crippen LogP contribution >= 0.6 is 39.5 Å². The van der Waals surface area contributed by atoms with Crippen molar-refractivity contribution >= 4 is 44.6 Å². The summed E-state index contributed by atoms with van der Waals surface area (Å²) in [7, 11) is 0. The first-order valence-corrected chi connectivity index (χ1v) is 5.28. The molecule has 0 aromatic carbocycles. The molecular formula is C6H8BrN3S2. The fourth-order valence-electron chi connectivity index (χ4n) is 0.663. The smallest absolute Gasteiger partial charge is 0.180 e. The van der Waals surface area contributed by atoms with Crippen molar-refractivity contribution in [2.24, 2.45) is 5.84 Å². The van der Waals surface area contributed by atoms with Crippen molar-refractivity contribution in [3.05, 3.63) is 20.8 Å². The van der Waals surface area contributed by atoms with E-state index in [1.807, 2.05) is 11.4 Å². The fraction of sp³-hybridized carbons (Fsp3) is 0.167. The molecule has 0 saturated carbocycles. The van der Waals surface area contributed by atoms with Gasteiger partial charge in [-0.05, 0) is 39.6 Å². The van der Waals surface area contributed by atoms with Crippen molar-refractivity contribution in [1.29, 1.82) is 0 Å². The van der Waals surface area contributed by atoms with Crippen LogP contribution in [0.2, 0.25) is 0 Å². The van der Waals surface area contributed by atoms with E-state index < -0.39 is 0 Å². The van der Waals surface area contributed by atoms with E-state index in [4.69, 9.17) is 18.1 Å². The van der Waals surface area contributed by atoms with Gasteiger partial charge in [0, 0.05) is 9.35 Å². The quantitative estimate of drug-likeness (QED) is 0.429. The predicted molar refractivity (Wildman–Crippen MR) is 58.8 cm³/mol. The van der Waals surface area contributed by atoms with E-state index in [2.05, 4.69) is 26.7 Å². The number of nitrogens with one attached hydrogen (secondary N) is 2. The Morgan fingerprint density at radius 1 is 1.75 bits per heavy atom. The molecule has 12 heavy (non-hydrogen) atoms. The highest BCUT2D eigenvalue weighted by Crippen LogP contribution is 2.21. The highest BCUT2D eigenvalue weighted by Gasteiger charge is 2.00. The van der Waals surface area contributed by atoms with Crippen LogP contribution in [0.4, 0.5) is 0 Å². The van der Waals surface area contributed by atoms with Gasteiger partial charge in [0.15, 0.2) is 5.11 Å². The molecule has 1 aromatic rings. The maximum absolute atomic E-state index is 5.09. The van der Waals surface area contributed by atoms with E-state index in [0.29, 0.717) is 11.7 Å². The zero-order valence-electron chi connectivity index (χ0n) is 6.13. The molecule has 0 aliphatic heterocycles. The minimum atomic E-state index is 0.454. The van der Waals surface area contributed by atoms with Crippen molar-refractivity contribution in [1.82, 2.24) is 10.7 Å². The molecule has 0 aliphatic rings. The molecule has 0 fully saturated rings. The minimum Gasteiger partial charge on any atom is -0.357 e. The number of halogens is 1.